The van der Waals surface area contributed by atoms with Crippen LogP contribution in [0.25, 0.3) is 0 Å². The van der Waals surface area contributed by atoms with Gasteiger partial charge in [0.1, 0.15) is 0 Å². The van der Waals surface area contributed by atoms with Crippen LogP contribution in [0.3, 0.4) is 0 Å². The molecule has 1 nitrogen and oxygen atoms in total. The van der Waals surface area contributed by atoms with Crippen LogP contribution in [0, 0.1) is 5.92 Å². The predicted octanol–water partition coefficient (Wildman–Crippen LogP) is 2.53. The third-order valence-electron chi connectivity index (χ3n) is 1.47. The Balaban J connectivity index is 3.83. The van der Waals surface area contributed by atoms with Crippen molar-refractivity contribution in [3.63, 3.8) is 0 Å². The molecule has 0 aliphatic heterocycles. The molecule has 0 aliphatic carbocycles. The maximum atomic E-state index is 11.9. The van der Waals surface area contributed by atoms with Gasteiger partial charge in [-0.05, 0) is 12.5 Å². The third kappa shape index (κ3) is 6.46. The van der Waals surface area contributed by atoms with Gasteiger partial charge in [-0.1, -0.05) is 20.8 Å². The van der Waals surface area contributed by atoms with Crippen molar-refractivity contribution in [1.82, 2.24) is 4.90 Å². The molecule has 0 fully saturated rings. The van der Waals surface area contributed by atoms with Crippen LogP contribution in [0.2, 0.25) is 0 Å². The van der Waals surface area contributed by atoms with E-state index in [2.05, 4.69) is 0 Å². The van der Waals surface area contributed by atoms with Crippen molar-refractivity contribution in [3.8, 4) is 0 Å². The van der Waals surface area contributed by atoms with Gasteiger partial charge in [-0.2, -0.15) is 13.2 Å². The maximum absolute atomic E-state index is 11.9. The van der Waals surface area contributed by atoms with E-state index in [0.717, 1.165) is 0 Å². The molecule has 0 bridgehead atoms. The molecule has 12 heavy (non-hydrogen) atoms. The first-order chi connectivity index (χ1) is 5.35. The van der Waals surface area contributed by atoms with Gasteiger partial charge in [-0.3, -0.25) is 4.90 Å². The molecule has 0 amide bonds. The normalized spacial score (nSPS) is 13.0. The molecular formula is C8H16F3N. The van der Waals surface area contributed by atoms with Crippen molar-refractivity contribution in [3.05, 3.63) is 0 Å². The van der Waals surface area contributed by atoms with E-state index >= 15 is 0 Å². The summed E-state index contributed by atoms with van der Waals surface area (Å²) in [5, 5.41) is 0. The minimum absolute atomic E-state index is 0.285. The highest BCUT2D eigenvalue weighted by molar-refractivity contribution is 4.62. The van der Waals surface area contributed by atoms with Crippen molar-refractivity contribution in [2.24, 2.45) is 5.92 Å². The Kier molecular flexibility index (Phi) is 4.60. The highest BCUT2D eigenvalue weighted by atomic mass is 19.4. The van der Waals surface area contributed by atoms with Crippen LogP contribution in [0.5, 0.6) is 0 Å². The van der Waals surface area contributed by atoms with Crippen LogP contribution >= 0.6 is 0 Å². The summed E-state index contributed by atoms with van der Waals surface area (Å²) in [5.41, 5.74) is 0. The van der Waals surface area contributed by atoms with Gasteiger partial charge in [0.25, 0.3) is 0 Å². The van der Waals surface area contributed by atoms with Gasteiger partial charge in [0.2, 0.25) is 0 Å². The van der Waals surface area contributed by atoms with Crippen molar-refractivity contribution in [1.29, 1.82) is 0 Å². The van der Waals surface area contributed by atoms with Crippen LogP contribution in [-0.4, -0.2) is 30.7 Å². The maximum Gasteiger partial charge on any atom is 0.401 e. The number of hydrogen-bond acceptors (Lipinski definition) is 1. The van der Waals surface area contributed by atoms with E-state index in [-0.39, 0.29) is 5.92 Å². The molecule has 0 aliphatic rings. The minimum atomic E-state index is -4.06. The van der Waals surface area contributed by atoms with Crippen LogP contribution in [0.15, 0.2) is 0 Å². The second kappa shape index (κ2) is 4.70. The van der Waals surface area contributed by atoms with Crippen LogP contribution in [0.4, 0.5) is 13.2 Å². The summed E-state index contributed by atoms with van der Waals surface area (Å²) in [6.45, 7) is 5.75. The first kappa shape index (κ1) is 11.8. The minimum Gasteiger partial charge on any atom is -0.295 e. The molecule has 0 N–H and O–H groups in total. The Morgan fingerprint density at radius 3 is 2.00 bits per heavy atom. The molecule has 0 aromatic carbocycles. The second-order valence-corrected chi connectivity index (χ2v) is 3.34. The smallest absolute Gasteiger partial charge is 0.295 e. The fourth-order valence-corrected chi connectivity index (χ4v) is 1.08. The summed E-state index contributed by atoms with van der Waals surface area (Å²) < 4.78 is 35.7. The van der Waals surface area contributed by atoms with Crippen LogP contribution in [0.1, 0.15) is 20.8 Å². The lowest BCUT2D eigenvalue weighted by Gasteiger charge is -2.23. The molecule has 0 radical (unpaired) electrons. The standard InChI is InChI=1S/C8H16F3N/c1-4-12(5-7(2)3)6-8(9,10)11/h7H,4-6H2,1-3H3. The molecule has 0 heterocycles. The quantitative estimate of drug-likeness (QED) is 0.647. The first-order valence-electron chi connectivity index (χ1n) is 4.14. The molecule has 0 saturated heterocycles. The van der Waals surface area contributed by atoms with Gasteiger partial charge in [0, 0.05) is 6.54 Å². The lowest BCUT2D eigenvalue weighted by molar-refractivity contribution is -0.146. The predicted molar refractivity (Wildman–Crippen MR) is 43.0 cm³/mol. The van der Waals surface area contributed by atoms with E-state index in [1.54, 1.807) is 6.92 Å². The highest BCUT2D eigenvalue weighted by Gasteiger charge is 2.29. The van der Waals surface area contributed by atoms with Crippen molar-refractivity contribution in [2.75, 3.05) is 19.6 Å². The fourth-order valence-electron chi connectivity index (χ4n) is 1.08. The number of halogens is 3. The monoisotopic (exact) mass is 183 g/mol. The molecule has 0 aromatic rings. The average molecular weight is 183 g/mol. The summed E-state index contributed by atoms with van der Waals surface area (Å²) in [7, 11) is 0. The summed E-state index contributed by atoms with van der Waals surface area (Å²) in [6.07, 6.45) is -4.06. The Morgan fingerprint density at radius 2 is 1.75 bits per heavy atom. The van der Waals surface area contributed by atoms with E-state index in [0.29, 0.717) is 13.1 Å². The van der Waals surface area contributed by atoms with E-state index in [9.17, 15) is 13.2 Å². The van der Waals surface area contributed by atoms with Gasteiger partial charge >= 0.3 is 6.18 Å². The Bertz CT molecular complexity index is 120. The van der Waals surface area contributed by atoms with Gasteiger partial charge in [-0.25, -0.2) is 0 Å². The zero-order valence-electron chi connectivity index (χ0n) is 7.78. The summed E-state index contributed by atoms with van der Waals surface area (Å²) in [6, 6.07) is 0. The summed E-state index contributed by atoms with van der Waals surface area (Å²) in [4.78, 5) is 1.41. The Labute approximate surface area is 71.6 Å². The van der Waals surface area contributed by atoms with Gasteiger partial charge < -0.3 is 0 Å². The van der Waals surface area contributed by atoms with Crippen LogP contribution in [-0.2, 0) is 0 Å². The zero-order valence-corrected chi connectivity index (χ0v) is 7.78. The Hall–Kier alpha value is -0.250. The summed E-state index contributed by atoms with van der Waals surface area (Å²) in [5.74, 6) is 0.285. The third-order valence-corrected chi connectivity index (χ3v) is 1.47. The molecule has 0 atom stereocenters. The lowest BCUT2D eigenvalue weighted by atomic mass is 10.2. The van der Waals surface area contributed by atoms with E-state index < -0.39 is 12.7 Å². The average Bonchev–Trinajstić information content (AvgIpc) is 1.82. The fraction of sp³-hybridized carbons (Fsp3) is 1.00. The number of hydrogen-bond donors (Lipinski definition) is 0. The zero-order chi connectivity index (χ0) is 9.78. The van der Waals surface area contributed by atoms with E-state index in [1.807, 2.05) is 13.8 Å². The van der Waals surface area contributed by atoms with E-state index in [4.69, 9.17) is 0 Å². The topological polar surface area (TPSA) is 3.24 Å². The summed E-state index contributed by atoms with van der Waals surface area (Å²) >= 11 is 0. The highest BCUT2D eigenvalue weighted by Crippen LogP contribution is 2.16. The van der Waals surface area contributed by atoms with Crippen molar-refractivity contribution < 1.29 is 13.2 Å². The molecule has 4 heteroatoms. The van der Waals surface area contributed by atoms with Crippen molar-refractivity contribution in [2.45, 2.75) is 26.9 Å². The molecule has 0 aromatic heterocycles. The largest absolute Gasteiger partial charge is 0.401 e. The van der Waals surface area contributed by atoms with Gasteiger partial charge in [0.15, 0.2) is 0 Å². The number of rotatable bonds is 4. The molecular weight excluding hydrogens is 167 g/mol. The molecule has 0 saturated carbocycles. The lowest BCUT2D eigenvalue weighted by Crippen LogP contribution is -2.36. The first-order valence-corrected chi connectivity index (χ1v) is 4.14. The Morgan fingerprint density at radius 1 is 1.25 bits per heavy atom. The number of nitrogens with zero attached hydrogens (tertiary/aromatic N) is 1. The number of alkyl halides is 3. The van der Waals surface area contributed by atoms with Crippen molar-refractivity contribution >= 4 is 0 Å². The molecule has 0 rings (SSSR count). The molecule has 0 unspecified atom stereocenters. The van der Waals surface area contributed by atoms with Gasteiger partial charge in [-0.15, -0.1) is 0 Å². The van der Waals surface area contributed by atoms with Crippen LogP contribution < -0.4 is 0 Å². The van der Waals surface area contributed by atoms with E-state index in [1.165, 1.54) is 4.90 Å². The van der Waals surface area contributed by atoms with Gasteiger partial charge in [0.05, 0.1) is 6.54 Å². The SMILES string of the molecule is CCN(CC(C)C)CC(F)(F)F. The molecule has 74 valence electrons. The molecule has 0 spiro atoms. The second-order valence-electron chi connectivity index (χ2n) is 3.34.